The lowest BCUT2D eigenvalue weighted by atomic mass is 10.2. The molecule has 1 saturated heterocycles. The molecule has 9 heteroatoms. The molecule has 0 aliphatic carbocycles. The highest BCUT2D eigenvalue weighted by Gasteiger charge is 2.42. The van der Waals surface area contributed by atoms with Gasteiger partial charge in [-0.1, -0.05) is 26.8 Å². The number of H-pyrrole nitrogens is 1. The SMILES string of the molecule is C=CCOC1C[C@@H](n2cc(I)c(=O)[nH]c2=O)O[C@H]1CO[Si](C)(C)C(C)(C)C. The first-order valence-electron chi connectivity index (χ1n) is 8.99. The summed E-state index contributed by atoms with van der Waals surface area (Å²) in [6, 6.07) is 0. The molecule has 3 atom stereocenters. The summed E-state index contributed by atoms with van der Waals surface area (Å²) in [4.78, 5) is 26.1. The van der Waals surface area contributed by atoms with Crippen molar-refractivity contribution >= 4 is 30.9 Å². The molecule has 152 valence electrons. The van der Waals surface area contributed by atoms with Crippen LogP contribution in [-0.4, -0.2) is 43.3 Å². The number of ether oxygens (including phenoxy) is 2. The number of aromatic amines is 1. The van der Waals surface area contributed by atoms with Crippen LogP contribution in [0.2, 0.25) is 18.1 Å². The summed E-state index contributed by atoms with van der Waals surface area (Å²) >= 11 is 1.90. The maximum Gasteiger partial charge on any atom is 0.330 e. The van der Waals surface area contributed by atoms with Crippen LogP contribution in [0, 0.1) is 3.57 Å². The first kappa shape index (κ1) is 22.5. The van der Waals surface area contributed by atoms with Gasteiger partial charge in [0.25, 0.3) is 5.56 Å². The van der Waals surface area contributed by atoms with Crippen LogP contribution in [0.4, 0.5) is 0 Å². The van der Waals surface area contributed by atoms with Gasteiger partial charge < -0.3 is 13.9 Å². The van der Waals surface area contributed by atoms with Gasteiger partial charge in [0, 0.05) is 12.6 Å². The van der Waals surface area contributed by atoms with Crippen molar-refractivity contribution in [3.8, 4) is 0 Å². The third-order valence-corrected chi connectivity index (χ3v) is 10.5. The van der Waals surface area contributed by atoms with Crippen molar-refractivity contribution < 1.29 is 13.9 Å². The number of aromatic nitrogens is 2. The predicted molar refractivity (Wildman–Crippen MR) is 116 cm³/mol. The molecule has 1 fully saturated rings. The molecule has 0 bridgehead atoms. The highest BCUT2D eigenvalue weighted by molar-refractivity contribution is 14.1. The molecule has 7 nitrogen and oxygen atoms in total. The molecule has 2 heterocycles. The largest absolute Gasteiger partial charge is 0.414 e. The van der Waals surface area contributed by atoms with Crippen LogP contribution >= 0.6 is 22.6 Å². The van der Waals surface area contributed by atoms with Crippen LogP contribution in [0.1, 0.15) is 33.4 Å². The van der Waals surface area contributed by atoms with Crippen molar-refractivity contribution in [2.45, 2.75) is 63.8 Å². The molecule has 1 aliphatic rings. The van der Waals surface area contributed by atoms with Crippen molar-refractivity contribution in [2.75, 3.05) is 13.2 Å². The number of hydrogen-bond acceptors (Lipinski definition) is 5. The Morgan fingerprint density at radius 1 is 1.44 bits per heavy atom. The van der Waals surface area contributed by atoms with Gasteiger partial charge in [-0.15, -0.1) is 6.58 Å². The molecule has 0 aromatic carbocycles. The lowest BCUT2D eigenvalue weighted by Crippen LogP contribution is -2.44. The summed E-state index contributed by atoms with van der Waals surface area (Å²) < 4.78 is 20.1. The van der Waals surface area contributed by atoms with Gasteiger partial charge in [0.1, 0.15) is 12.3 Å². The Hall–Kier alpha value is -0.753. The highest BCUT2D eigenvalue weighted by Crippen LogP contribution is 2.38. The van der Waals surface area contributed by atoms with Crippen molar-refractivity contribution in [2.24, 2.45) is 0 Å². The van der Waals surface area contributed by atoms with Gasteiger partial charge in [-0.2, -0.15) is 0 Å². The maximum atomic E-state index is 12.2. The van der Waals surface area contributed by atoms with Crippen molar-refractivity contribution in [3.05, 3.63) is 43.3 Å². The van der Waals surface area contributed by atoms with Crippen molar-refractivity contribution in [3.63, 3.8) is 0 Å². The molecule has 1 N–H and O–H groups in total. The molecule has 27 heavy (non-hydrogen) atoms. The number of rotatable bonds is 7. The monoisotopic (exact) mass is 508 g/mol. The number of nitrogens with one attached hydrogen (secondary N) is 1. The molecule has 0 amide bonds. The number of hydrogen-bond donors (Lipinski definition) is 1. The zero-order valence-corrected chi connectivity index (χ0v) is 19.7. The first-order chi connectivity index (χ1) is 12.5. The van der Waals surface area contributed by atoms with Crippen LogP contribution < -0.4 is 11.2 Å². The van der Waals surface area contributed by atoms with E-state index in [2.05, 4.69) is 45.4 Å². The number of halogens is 1. The van der Waals surface area contributed by atoms with E-state index in [9.17, 15) is 9.59 Å². The van der Waals surface area contributed by atoms with Crippen molar-refractivity contribution in [1.82, 2.24) is 9.55 Å². The lowest BCUT2D eigenvalue weighted by Gasteiger charge is -2.37. The molecular formula is C18H29IN2O5Si. The fourth-order valence-electron chi connectivity index (χ4n) is 2.57. The third-order valence-electron chi connectivity index (χ3n) is 5.26. The minimum absolute atomic E-state index is 0.0917. The van der Waals surface area contributed by atoms with E-state index in [-0.39, 0.29) is 17.2 Å². The summed E-state index contributed by atoms with van der Waals surface area (Å²) in [5.41, 5.74) is -0.883. The highest BCUT2D eigenvalue weighted by atomic mass is 127. The molecule has 0 radical (unpaired) electrons. The van der Waals surface area contributed by atoms with Crippen molar-refractivity contribution in [1.29, 1.82) is 0 Å². The molecular weight excluding hydrogens is 479 g/mol. The summed E-state index contributed by atoms with van der Waals surface area (Å²) in [6.07, 6.45) is 2.70. The van der Waals surface area contributed by atoms with Crippen LogP contribution in [0.15, 0.2) is 28.4 Å². The van der Waals surface area contributed by atoms with E-state index in [1.807, 2.05) is 22.6 Å². The molecule has 1 aromatic rings. The van der Waals surface area contributed by atoms with E-state index >= 15 is 0 Å². The molecule has 0 spiro atoms. The average Bonchev–Trinajstić information content (AvgIpc) is 2.96. The predicted octanol–water partition coefficient (Wildman–Crippen LogP) is 3.02. The van der Waals surface area contributed by atoms with Gasteiger partial charge in [0.15, 0.2) is 8.32 Å². The standard InChI is InChI=1S/C18H29IN2O5Si/c1-7-8-24-13-9-15(21-10-12(19)16(22)20-17(21)23)26-14(13)11-25-27(5,6)18(2,3)4/h7,10,13-15H,1,8-9,11H2,2-6H3,(H,20,22,23)/t13?,14-,15-/m0/s1. The zero-order chi connectivity index (χ0) is 20.4. The second-order valence-corrected chi connectivity index (χ2v) is 14.2. The quantitative estimate of drug-likeness (QED) is 0.348. The van der Waals surface area contributed by atoms with E-state index in [0.29, 0.717) is 23.2 Å². The van der Waals surface area contributed by atoms with Gasteiger partial charge in [-0.05, 0) is 40.7 Å². The first-order valence-corrected chi connectivity index (χ1v) is 13.0. The van der Waals surface area contributed by atoms with Crippen LogP contribution in [0.5, 0.6) is 0 Å². The summed E-state index contributed by atoms with van der Waals surface area (Å²) in [6.45, 7) is 15.4. The zero-order valence-electron chi connectivity index (χ0n) is 16.6. The number of nitrogens with zero attached hydrogens (tertiary/aromatic N) is 1. The molecule has 1 aliphatic heterocycles. The van der Waals surface area contributed by atoms with E-state index in [0.717, 1.165) is 0 Å². The molecule has 1 unspecified atom stereocenters. The van der Waals surface area contributed by atoms with E-state index < -0.39 is 25.8 Å². The van der Waals surface area contributed by atoms with Gasteiger partial charge in [0.05, 0.1) is 22.9 Å². The Kier molecular flexibility index (Phi) is 7.28. The van der Waals surface area contributed by atoms with Gasteiger partial charge >= 0.3 is 5.69 Å². The molecule has 0 saturated carbocycles. The fraction of sp³-hybridized carbons (Fsp3) is 0.667. The Labute approximate surface area is 174 Å². The Bertz CT molecular complexity index is 783. The average molecular weight is 508 g/mol. The third kappa shape index (κ3) is 5.40. The summed E-state index contributed by atoms with van der Waals surface area (Å²) in [5.74, 6) is 0. The van der Waals surface area contributed by atoms with Gasteiger partial charge in [-0.25, -0.2) is 4.79 Å². The van der Waals surface area contributed by atoms with E-state index in [1.54, 1.807) is 6.08 Å². The van der Waals surface area contributed by atoms with Gasteiger partial charge in [-0.3, -0.25) is 14.3 Å². The smallest absolute Gasteiger partial charge is 0.330 e. The minimum Gasteiger partial charge on any atom is -0.414 e. The van der Waals surface area contributed by atoms with E-state index in [1.165, 1.54) is 10.8 Å². The second-order valence-electron chi connectivity index (χ2n) is 8.24. The Morgan fingerprint density at radius 3 is 2.70 bits per heavy atom. The lowest BCUT2D eigenvalue weighted by molar-refractivity contribution is -0.0557. The second kappa shape index (κ2) is 8.72. The van der Waals surface area contributed by atoms with Crippen LogP contribution in [-0.2, 0) is 13.9 Å². The normalized spacial score (nSPS) is 23.6. The molecule has 1 aromatic heterocycles. The molecule has 2 rings (SSSR count). The summed E-state index contributed by atoms with van der Waals surface area (Å²) in [7, 11) is -1.93. The topological polar surface area (TPSA) is 82.6 Å². The van der Waals surface area contributed by atoms with Crippen LogP contribution in [0.25, 0.3) is 0 Å². The summed E-state index contributed by atoms with van der Waals surface area (Å²) in [5, 5.41) is 0.0917. The van der Waals surface area contributed by atoms with Gasteiger partial charge in [0.2, 0.25) is 0 Å². The maximum absolute atomic E-state index is 12.2. The Morgan fingerprint density at radius 2 is 2.11 bits per heavy atom. The Balaban J connectivity index is 2.19. The minimum atomic E-state index is -1.93. The van der Waals surface area contributed by atoms with Crippen LogP contribution in [0.3, 0.4) is 0 Å². The van der Waals surface area contributed by atoms with E-state index in [4.69, 9.17) is 13.9 Å². The fourth-order valence-corrected chi connectivity index (χ4v) is 4.02.